The van der Waals surface area contributed by atoms with Crippen LogP contribution in [0.25, 0.3) is 0 Å². The van der Waals surface area contributed by atoms with Gasteiger partial charge in [0.05, 0.1) is 6.54 Å². The first kappa shape index (κ1) is 13.8. The average Bonchev–Trinajstić information content (AvgIpc) is 2.35. The summed E-state index contributed by atoms with van der Waals surface area (Å²) in [5.74, 6) is -1.32. The molecule has 17 heavy (non-hydrogen) atoms. The quantitative estimate of drug-likeness (QED) is 0.668. The van der Waals surface area contributed by atoms with Crippen LogP contribution in [0.2, 0.25) is 0 Å². The number of carbonyl (C=O) groups is 2. The number of amides is 2. The molecule has 0 bridgehead atoms. The largest absolute Gasteiger partial charge is 0.479 e. The molecule has 2 atom stereocenters. The summed E-state index contributed by atoms with van der Waals surface area (Å²) < 4.78 is 0. The highest BCUT2D eigenvalue weighted by Crippen LogP contribution is 2.19. The molecular weight excluding hydrogens is 224 g/mol. The number of rotatable bonds is 4. The number of piperidine rings is 1. The molecule has 0 spiro atoms. The first-order valence-corrected chi connectivity index (χ1v) is 6.01. The summed E-state index contributed by atoms with van der Waals surface area (Å²) >= 11 is 0. The number of urea groups is 1. The van der Waals surface area contributed by atoms with Crippen LogP contribution in [-0.4, -0.2) is 52.3 Å². The molecule has 0 aromatic heterocycles. The molecular formula is C11H20N2O4. The molecule has 1 rings (SSSR count). The van der Waals surface area contributed by atoms with Crippen molar-refractivity contribution in [3.63, 3.8) is 0 Å². The van der Waals surface area contributed by atoms with E-state index < -0.39 is 12.1 Å². The number of carboxylic acid groups (broad SMARTS) is 1. The zero-order valence-electron chi connectivity index (χ0n) is 10.1. The highest BCUT2D eigenvalue weighted by atomic mass is 16.4. The van der Waals surface area contributed by atoms with Crippen molar-refractivity contribution in [1.29, 1.82) is 0 Å². The van der Waals surface area contributed by atoms with Gasteiger partial charge in [-0.05, 0) is 25.7 Å². The van der Waals surface area contributed by atoms with Gasteiger partial charge >= 0.3 is 12.0 Å². The fourth-order valence-corrected chi connectivity index (χ4v) is 2.07. The Kier molecular flexibility index (Phi) is 5.21. The van der Waals surface area contributed by atoms with Crippen molar-refractivity contribution in [2.75, 3.05) is 13.1 Å². The molecule has 3 N–H and O–H groups in total. The molecule has 0 radical (unpaired) electrons. The zero-order chi connectivity index (χ0) is 12.8. The molecule has 1 aliphatic heterocycles. The van der Waals surface area contributed by atoms with E-state index in [9.17, 15) is 9.59 Å². The zero-order valence-corrected chi connectivity index (χ0v) is 10.1. The standard InChI is InChI=1S/C11H20N2O4/c1-2-8-5-3-4-6-13(8)11(17)12-7-9(14)10(15)16/h8-9,14H,2-7H2,1H3,(H,12,17)(H,15,16)/t8?,9-/m0/s1. The van der Waals surface area contributed by atoms with Crippen molar-refractivity contribution in [2.24, 2.45) is 0 Å². The van der Waals surface area contributed by atoms with Crippen LogP contribution in [0.1, 0.15) is 32.6 Å². The monoisotopic (exact) mass is 244 g/mol. The van der Waals surface area contributed by atoms with Gasteiger partial charge in [-0.2, -0.15) is 0 Å². The Morgan fingerprint density at radius 3 is 2.76 bits per heavy atom. The van der Waals surface area contributed by atoms with Crippen LogP contribution in [0.15, 0.2) is 0 Å². The number of hydrogen-bond donors (Lipinski definition) is 3. The van der Waals surface area contributed by atoms with Gasteiger partial charge in [0.2, 0.25) is 0 Å². The van der Waals surface area contributed by atoms with E-state index in [4.69, 9.17) is 10.2 Å². The number of carboxylic acids is 1. The third kappa shape index (κ3) is 3.89. The number of aliphatic carboxylic acids is 1. The molecule has 98 valence electrons. The lowest BCUT2D eigenvalue weighted by molar-refractivity contribution is -0.146. The van der Waals surface area contributed by atoms with E-state index in [0.29, 0.717) is 6.54 Å². The Bertz CT molecular complexity index is 283. The summed E-state index contributed by atoms with van der Waals surface area (Å²) in [5.41, 5.74) is 0. The van der Waals surface area contributed by atoms with Crippen molar-refractivity contribution in [3.05, 3.63) is 0 Å². The van der Waals surface area contributed by atoms with E-state index in [-0.39, 0.29) is 18.6 Å². The second-order valence-electron chi connectivity index (χ2n) is 4.29. The lowest BCUT2D eigenvalue weighted by atomic mass is 10.0. The lowest BCUT2D eigenvalue weighted by Crippen LogP contribution is -2.50. The van der Waals surface area contributed by atoms with Gasteiger partial charge in [0.1, 0.15) is 0 Å². The van der Waals surface area contributed by atoms with E-state index in [0.717, 1.165) is 25.7 Å². The minimum absolute atomic E-state index is 0.228. The van der Waals surface area contributed by atoms with Gasteiger partial charge in [0.25, 0.3) is 0 Å². The molecule has 1 aliphatic rings. The molecule has 1 saturated heterocycles. The van der Waals surface area contributed by atoms with Crippen LogP contribution in [0.5, 0.6) is 0 Å². The molecule has 0 aliphatic carbocycles. The number of nitrogens with zero attached hydrogens (tertiary/aromatic N) is 1. The van der Waals surface area contributed by atoms with Crippen LogP contribution < -0.4 is 5.32 Å². The highest BCUT2D eigenvalue weighted by Gasteiger charge is 2.25. The van der Waals surface area contributed by atoms with Gasteiger partial charge in [-0.15, -0.1) is 0 Å². The number of aliphatic hydroxyl groups is 1. The Hall–Kier alpha value is -1.30. The summed E-state index contributed by atoms with van der Waals surface area (Å²) in [6, 6.07) is -0.0532. The highest BCUT2D eigenvalue weighted by molar-refractivity contribution is 5.77. The SMILES string of the molecule is CCC1CCCCN1C(=O)NC[C@H](O)C(=O)O. The van der Waals surface area contributed by atoms with Gasteiger partial charge in [0.15, 0.2) is 6.10 Å². The van der Waals surface area contributed by atoms with Crippen LogP contribution >= 0.6 is 0 Å². The Balaban J connectivity index is 2.42. The van der Waals surface area contributed by atoms with Crippen molar-refractivity contribution in [2.45, 2.75) is 44.8 Å². The summed E-state index contributed by atoms with van der Waals surface area (Å²) in [5, 5.41) is 20.0. The fourth-order valence-electron chi connectivity index (χ4n) is 2.07. The smallest absolute Gasteiger partial charge is 0.334 e. The number of nitrogens with one attached hydrogen (secondary N) is 1. The molecule has 6 heteroatoms. The number of likely N-dealkylation sites (tertiary alicyclic amines) is 1. The van der Waals surface area contributed by atoms with E-state index in [1.165, 1.54) is 0 Å². The third-order valence-corrected chi connectivity index (χ3v) is 3.09. The molecule has 1 heterocycles. The van der Waals surface area contributed by atoms with Crippen molar-refractivity contribution < 1.29 is 19.8 Å². The molecule has 2 amide bonds. The molecule has 6 nitrogen and oxygen atoms in total. The van der Waals surface area contributed by atoms with E-state index in [2.05, 4.69) is 5.32 Å². The van der Waals surface area contributed by atoms with Gasteiger partial charge in [-0.3, -0.25) is 0 Å². The van der Waals surface area contributed by atoms with Crippen molar-refractivity contribution in [3.8, 4) is 0 Å². The Labute approximate surface area is 101 Å². The molecule has 0 aromatic rings. The van der Waals surface area contributed by atoms with E-state index in [1.807, 2.05) is 6.92 Å². The number of aliphatic hydroxyl groups excluding tert-OH is 1. The third-order valence-electron chi connectivity index (χ3n) is 3.09. The fraction of sp³-hybridized carbons (Fsp3) is 0.818. The Morgan fingerprint density at radius 1 is 1.47 bits per heavy atom. The van der Waals surface area contributed by atoms with E-state index >= 15 is 0 Å². The van der Waals surface area contributed by atoms with Gasteiger partial charge in [-0.25, -0.2) is 9.59 Å². The lowest BCUT2D eigenvalue weighted by Gasteiger charge is -2.35. The number of hydrogen-bond acceptors (Lipinski definition) is 3. The van der Waals surface area contributed by atoms with Crippen molar-refractivity contribution in [1.82, 2.24) is 10.2 Å². The summed E-state index contributed by atoms with van der Waals surface area (Å²) in [6.07, 6.45) is 2.45. The summed E-state index contributed by atoms with van der Waals surface area (Å²) in [4.78, 5) is 23.9. The molecule has 1 unspecified atom stereocenters. The second kappa shape index (κ2) is 6.44. The van der Waals surface area contributed by atoms with Crippen molar-refractivity contribution >= 4 is 12.0 Å². The van der Waals surface area contributed by atoms with E-state index in [1.54, 1.807) is 4.90 Å². The second-order valence-corrected chi connectivity index (χ2v) is 4.29. The molecule has 0 aromatic carbocycles. The predicted octanol–water partition coefficient (Wildman–Crippen LogP) is 0.406. The minimum Gasteiger partial charge on any atom is -0.479 e. The maximum absolute atomic E-state index is 11.8. The minimum atomic E-state index is -1.54. The summed E-state index contributed by atoms with van der Waals surface area (Å²) in [7, 11) is 0. The maximum atomic E-state index is 11.8. The van der Waals surface area contributed by atoms with Crippen LogP contribution in [0, 0.1) is 0 Å². The predicted molar refractivity (Wildman–Crippen MR) is 61.7 cm³/mol. The van der Waals surface area contributed by atoms with Gasteiger partial charge in [-0.1, -0.05) is 6.92 Å². The topological polar surface area (TPSA) is 89.9 Å². The Morgan fingerprint density at radius 2 is 2.18 bits per heavy atom. The van der Waals surface area contributed by atoms with Gasteiger partial charge in [0, 0.05) is 12.6 Å². The normalized spacial score (nSPS) is 22.0. The number of carbonyl (C=O) groups excluding carboxylic acids is 1. The molecule has 0 saturated carbocycles. The van der Waals surface area contributed by atoms with Gasteiger partial charge < -0.3 is 20.4 Å². The maximum Gasteiger partial charge on any atom is 0.334 e. The first-order chi connectivity index (χ1) is 8.06. The van der Waals surface area contributed by atoms with Crippen LogP contribution in [0.4, 0.5) is 4.79 Å². The van der Waals surface area contributed by atoms with Crippen LogP contribution in [-0.2, 0) is 4.79 Å². The molecule has 1 fully saturated rings. The average molecular weight is 244 g/mol. The first-order valence-electron chi connectivity index (χ1n) is 6.01. The summed E-state index contributed by atoms with van der Waals surface area (Å²) in [6.45, 7) is 2.48. The van der Waals surface area contributed by atoms with Crippen LogP contribution in [0.3, 0.4) is 0 Å².